The number of aromatic carboxylic acids is 1. The molecular weight excluding hydrogens is 286 g/mol. The number of ether oxygens (including phenoxy) is 1. The van der Waals surface area contributed by atoms with Crippen molar-refractivity contribution >= 4 is 26.9 Å². The van der Waals surface area contributed by atoms with Crippen LogP contribution < -0.4 is 4.74 Å². The summed E-state index contributed by atoms with van der Waals surface area (Å²) < 4.78 is 38.9. The van der Waals surface area contributed by atoms with Crippen LogP contribution in [-0.4, -0.2) is 35.6 Å². The molecule has 0 saturated heterocycles. The van der Waals surface area contributed by atoms with Gasteiger partial charge in [0, 0.05) is 17.0 Å². The van der Waals surface area contributed by atoms with Crippen LogP contribution in [0.4, 0.5) is 0 Å². The lowest BCUT2D eigenvalue weighted by Gasteiger charge is -2.14. The molecule has 8 heteroatoms. The molecule has 1 aromatic heterocycles. The highest BCUT2D eigenvalue weighted by Crippen LogP contribution is 2.31. The van der Waals surface area contributed by atoms with E-state index in [-0.39, 0.29) is 23.3 Å². The number of benzene rings is 1. The van der Waals surface area contributed by atoms with Crippen molar-refractivity contribution in [3.63, 3.8) is 0 Å². The standard InChI is InChI=1S/C12H11NO6S/c1-2-19-11-10(12(14)15)9-7(6-13-11)4-3-5-8(9)20(16,17)18/h3-6H,2H2,1H3,(H,14,15)(H,16,17,18)/p-1. The average molecular weight is 296 g/mol. The van der Waals surface area contributed by atoms with Gasteiger partial charge in [0.1, 0.15) is 15.7 Å². The number of carbonyl (C=O) groups is 1. The molecule has 0 amide bonds. The van der Waals surface area contributed by atoms with Crippen LogP contribution in [0.2, 0.25) is 0 Å². The molecule has 7 nitrogen and oxygen atoms in total. The maximum absolute atomic E-state index is 11.4. The first-order valence-electron chi connectivity index (χ1n) is 5.60. The van der Waals surface area contributed by atoms with Crippen molar-refractivity contribution in [2.24, 2.45) is 0 Å². The van der Waals surface area contributed by atoms with Gasteiger partial charge < -0.3 is 14.4 Å². The highest BCUT2D eigenvalue weighted by atomic mass is 32.2. The molecule has 2 aromatic rings. The Bertz CT molecular complexity index is 784. The predicted molar refractivity (Wildman–Crippen MR) is 67.8 cm³/mol. The zero-order valence-electron chi connectivity index (χ0n) is 10.4. The topological polar surface area (TPSA) is 117 Å². The van der Waals surface area contributed by atoms with E-state index in [1.165, 1.54) is 18.3 Å². The SMILES string of the molecule is CCOc1ncc2cccc(S(=O)(=O)[O-])c2c1C(=O)O. The van der Waals surface area contributed by atoms with Crippen LogP contribution in [0.1, 0.15) is 17.3 Å². The molecule has 0 aliphatic rings. The van der Waals surface area contributed by atoms with Gasteiger partial charge in [-0.1, -0.05) is 12.1 Å². The summed E-state index contributed by atoms with van der Waals surface area (Å²) in [4.78, 5) is 14.6. The van der Waals surface area contributed by atoms with Gasteiger partial charge in [-0.3, -0.25) is 0 Å². The molecule has 106 valence electrons. The summed E-state index contributed by atoms with van der Waals surface area (Å²) in [5, 5.41) is 9.32. The third kappa shape index (κ3) is 2.43. The van der Waals surface area contributed by atoms with Crippen molar-refractivity contribution < 1.29 is 27.6 Å². The van der Waals surface area contributed by atoms with Crippen molar-refractivity contribution in [2.75, 3.05) is 6.61 Å². The Morgan fingerprint density at radius 2 is 2.15 bits per heavy atom. The second-order valence-electron chi connectivity index (χ2n) is 3.85. The molecule has 0 radical (unpaired) electrons. The van der Waals surface area contributed by atoms with E-state index in [1.54, 1.807) is 6.92 Å². The first-order valence-corrected chi connectivity index (χ1v) is 7.00. The number of rotatable bonds is 4. The minimum atomic E-state index is -4.81. The predicted octanol–water partition coefficient (Wildman–Crippen LogP) is 1.24. The molecule has 0 saturated carbocycles. The summed E-state index contributed by atoms with van der Waals surface area (Å²) in [6.45, 7) is 1.79. The van der Waals surface area contributed by atoms with Crippen LogP contribution in [0.25, 0.3) is 10.8 Å². The molecule has 1 N–H and O–H groups in total. The van der Waals surface area contributed by atoms with Crippen LogP contribution in [0.5, 0.6) is 5.88 Å². The number of pyridine rings is 1. The molecular formula is C12H10NO6S-. The number of carboxylic acid groups (broad SMARTS) is 1. The number of carboxylic acids is 1. The summed E-state index contributed by atoms with van der Waals surface area (Å²) >= 11 is 0. The van der Waals surface area contributed by atoms with Crippen LogP contribution in [-0.2, 0) is 10.1 Å². The fourth-order valence-corrected chi connectivity index (χ4v) is 2.59. The van der Waals surface area contributed by atoms with Crippen molar-refractivity contribution in [1.29, 1.82) is 0 Å². The summed E-state index contributed by atoms with van der Waals surface area (Å²) in [6.07, 6.45) is 1.27. The average Bonchev–Trinajstić information content (AvgIpc) is 2.36. The lowest BCUT2D eigenvalue weighted by atomic mass is 10.1. The van der Waals surface area contributed by atoms with Gasteiger partial charge in [-0.25, -0.2) is 18.2 Å². The van der Waals surface area contributed by atoms with Gasteiger partial charge in [-0.15, -0.1) is 0 Å². The van der Waals surface area contributed by atoms with Crippen molar-refractivity contribution in [1.82, 2.24) is 4.98 Å². The summed E-state index contributed by atoms with van der Waals surface area (Å²) in [5.74, 6) is -1.63. The number of hydrogen-bond acceptors (Lipinski definition) is 6. The smallest absolute Gasteiger partial charge is 0.341 e. The molecule has 1 aromatic carbocycles. The number of fused-ring (bicyclic) bond motifs is 1. The van der Waals surface area contributed by atoms with Gasteiger partial charge in [0.05, 0.1) is 11.5 Å². The summed E-state index contributed by atoms with van der Waals surface area (Å²) in [5.41, 5.74) is -0.431. The van der Waals surface area contributed by atoms with Crippen LogP contribution in [0, 0.1) is 0 Å². The lowest BCUT2D eigenvalue weighted by molar-refractivity contribution is 0.0693. The van der Waals surface area contributed by atoms with Crippen molar-refractivity contribution in [2.45, 2.75) is 11.8 Å². The Hall–Kier alpha value is -2.19. The largest absolute Gasteiger partial charge is 0.744 e. The zero-order chi connectivity index (χ0) is 14.9. The highest BCUT2D eigenvalue weighted by Gasteiger charge is 2.21. The van der Waals surface area contributed by atoms with E-state index in [0.717, 1.165) is 6.07 Å². The van der Waals surface area contributed by atoms with Gasteiger partial charge in [-0.05, 0) is 13.0 Å². The Labute approximate surface area is 114 Å². The van der Waals surface area contributed by atoms with E-state index in [1.807, 2.05) is 0 Å². The molecule has 0 aliphatic heterocycles. The van der Waals surface area contributed by atoms with Crippen molar-refractivity contribution in [3.8, 4) is 5.88 Å². The van der Waals surface area contributed by atoms with E-state index < -0.39 is 26.5 Å². The number of hydrogen-bond donors (Lipinski definition) is 1. The Kier molecular flexibility index (Phi) is 3.60. The monoisotopic (exact) mass is 296 g/mol. The third-order valence-corrected chi connectivity index (χ3v) is 3.49. The van der Waals surface area contributed by atoms with Crippen LogP contribution in [0.15, 0.2) is 29.3 Å². The Morgan fingerprint density at radius 1 is 1.45 bits per heavy atom. The Balaban J connectivity index is 2.98. The molecule has 0 bridgehead atoms. The van der Waals surface area contributed by atoms with E-state index in [4.69, 9.17) is 4.74 Å². The van der Waals surface area contributed by atoms with Gasteiger partial charge in [0.2, 0.25) is 5.88 Å². The second kappa shape index (κ2) is 5.06. The third-order valence-electron chi connectivity index (χ3n) is 2.61. The molecule has 1 heterocycles. The zero-order valence-corrected chi connectivity index (χ0v) is 11.2. The quantitative estimate of drug-likeness (QED) is 0.843. The molecule has 2 rings (SSSR count). The van der Waals surface area contributed by atoms with E-state index in [0.29, 0.717) is 0 Å². The summed E-state index contributed by atoms with van der Waals surface area (Å²) in [6, 6.07) is 3.88. The van der Waals surface area contributed by atoms with E-state index >= 15 is 0 Å². The highest BCUT2D eigenvalue weighted by molar-refractivity contribution is 7.86. The fourth-order valence-electron chi connectivity index (χ4n) is 1.88. The summed E-state index contributed by atoms with van der Waals surface area (Å²) in [7, 11) is -4.81. The van der Waals surface area contributed by atoms with Gasteiger partial charge in [0.15, 0.2) is 0 Å². The lowest BCUT2D eigenvalue weighted by Crippen LogP contribution is -2.09. The first kappa shape index (κ1) is 14.2. The van der Waals surface area contributed by atoms with Gasteiger partial charge in [0.25, 0.3) is 0 Å². The van der Waals surface area contributed by atoms with Crippen LogP contribution in [0.3, 0.4) is 0 Å². The van der Waals surface area contributed by atoms with E-state index in [9.17, 15) is 22.9 Å². The minimum absolute atomic E-state index is 0.158. The maximum Gasteiger partial charge on any atom is 0.341 e. The molecule has 0 unspecified atom stereocenters. The van der Waals surface area contributed by atoms with Gasteiger partial charge >= 0.3 is 5.97 Å². The van der Waals surface area contributed by atoms with Crippen LogP contribution >= 0.6 is 0 Å². The van der Waals surface area contributed by atoms with Crippen molar-refractivity contribution in [3.05, 3.63) is 30.0 Å². The number of nitrogens with zero attached hydrogens (tertiary/aromatic N) is 1. The van der Waals surface area contributed by atoms with Gasteiger partial charge in [-0.2, -0.15) is 0 Å². The molecule has 0 spiro atoms. The maximum atomic E-state index is 11.4. The van der Waals surface area contributed by atoms with E-state index in [2.05, 4.69) is 4.98 Å². The fraction of sp³-hybridized carbons (Fsp3) is 0.167. The number of aromatic nitrogens is 1. The molecule has 0 aliphatic carbocycles. The second-order valence-corrected chi connectivity index (χ2v) is 5.20. The minimum Gasteiger partial charge on any atom is -0.744 e. The first-order chi connectivity index (χ1) is 9.36. The normalized spacial score (nSPS) is 11.5. The molecule has 0 fully saturated rings. The Morgan fingerprint density at radius 3 is 2.70 bits per heavy atom. The molecule has 0 atom stereocenters. The molecule has 20 heavy (non-hydrogen) atoms.